The second-order valence-electron chi connectivity index (χ2n) is 4.98. The van der Waals surface area contributed by atoms with Gasteiger partial charge in [0.2, 0.25) is 10.0 Å². The van der Waals surface area contributed by atoms with E-state index in [0.29, 0.717) is 5.56 Å². The van der Waals surface area contributed by atoms with Crippen LogP contribution in [0.5, 0.6) is 5.75 Å². The fourth-order valence-electron chi connectivity index (χ4n) is 1.89. The third kappa shape index (κ3) is 5.01. The summed E-state index contributed by atoms with van der Waals surface area (Å²) in [6.45, 7) is 0.109. The van der Waals surface area contributed by atoms with Crippen molar-refractivity contribution in [3.63, 3.8) is 0 Å². The highest BCUT2D eigenvalue weighted by Crippen LogP contribution is 2.15. The first kappa shape index (κ1) is 17.4. The summed E-state index contributed by atoms with van der Waals surface area (Å²) in [5.41, 5.74) is 0.494. The molecule has 0 saturated heterocycles. The second kappa shape index (κ2) is 7.52. The lowest BCUT2D eigenvalue weighted by Gasteiger charge is -2.17. The maximum Gasteiger partial charge on any atom is 0.218 e. The van der Waals surface area contributed by atoms with Crippen LogP contribution in [0.3, 0.4) is 0 Å². The van der Waals surface area contributed by atoms with Crippen molar-refractivity contribution in [1.82, 2.24) is 4.31 Å². The Labute approximate surface area is 134 Å². The molecule has 0 aromatic heterocycles. The summed E-state index contributed by atoms with van der Waals surface area (Å²) in [6, 6.07) is 11.2. The third-order valence-corrected chi connectivity index (χ3v) is 5.07. The largest absolute Gasteiger partial charge is 0.489 e. The van der Waals surface area contributed by atoms with Crippen molar-refractivity contribution < 1.29 is 21.9 Å². The van der Waals surface area contributed by atoms with Crippen molar-refractivity contribution in [3.05, 3.63) is 65.7 Å². The fourth-order valence-corrected chi connectivity index (χ4v) is 3.07. The first-order valence-electron chi connectivity index (χ1n) is 6.94. The van der Waals surface area contributed by atoms with E-state index >= 15 is 0 Å². The number of sulfonamides is 1. The lowest BCUT2D eigenvalue weighted by atomic mass is 10.2. The summed E-state index contributed by atoms with van der Waals surface area (Å²) in [5.74, 6) is -1.07. The van der Waals surface area contributed by atoms with Crippen LogP contribution in [0.1, 0.15) is 5.56 Å². The number of nitrogens with zero attached hydrogens (tertiary/aromatic N) is 1. The minimum absolute atomic E-state index is 0.0279. The van der Waals surface area contributed by atoms with Crippen LogP contribution in [0.4, 0.5) is 8.78 Å². The van der Waals surface area contributed by atoms with Crippen molar-refractivity contribution in [1.29, 1.82) is 0 Å². The number of para-hydroxylation sites is 1. The summed E-state index contributed by atoms with van der Waals surface area (Å²) in [5, 5.41) is 0. The smallest absolute Gasteiger partial charge is 0.218 e. The van der Waals surface area contributed by atoms with Crippen LogP contribution < -0.4 is 4.74 Å². The van der Waals surface area contributed by atoms with E-state index in [9.17, 15) is 17.2 Å². The van der Waals surface area contributed by atoms with Crippen LogP contribution >= 0.6 is 0 Å². The van der Waals surface area contributed by atoms with Gasteiger partial charge >= 0.3 is 0 Å². The summed E-state index contributed by atoms with van der Waals surface area (Å²) in [4.78, 5) is 0. The van der Waals surface area contributed by atoms with Gasteiger partial charge in [-0.05, 0) is 29.8 Å². The minimum atomic E-state index is -3.55. The number of hydrogen-bond acceptors (Lipinski definition) is 3. The van der Waals surface area contributed by atoms with E-state index in [4.69, 9.17) is 4.74 Å². The zero-order valence-electron chi connectivity index (χ0n) is 12.6. The van der Waals surface area contributed by atoms with Crippen LogP contribution in [-0.4, -0.2) is 32.9 Å². The van der Waals surface area contributed by atoms with E-state index in [0.717, 1.165) is 4.31 Å². The number of ether oxygens (including phenoxy) is 1. The van der Waals surface area contributed by atoms with Crippen molar-refractivity contribution in [2.45, 2.75) is 5.75 Å². The van der Waals surface area contributed by atoms with Crippen molar-refractivity contribution in [2.75, 3.05) is 20.2 Å². The molecular weight excluding hydrogens is 324 g/mol. The number of hydrogen-bond donors (Lipinski definition) is 0. The standard InChI is InChI=1S/C16H17F2NO3S/c1-19(10-11-22-16-5-3-2-4-15(16)18)23(20,21)12-13-6-8-14(17)9-7-13/h2-9H,10-12H2,1H3. The molecular formula is C16H17F2NO3S. The highest BCUT2D eigenvalue weighted by molar-refractivity contribution is 7.88. The maximum atomic E-state index is 13.4. The topological polar surface area (TPSA) is 46.6 Å². The molecule has 0 saturated carbocycles. The molecule has 0 spiro atoms. The molecule has 0 atom stereocenters. The molecule has 4 nitrogen and oxygen atoms in total. The highest BCUT2D eigenvalue weighted by Gasteiger charge is 2.18. The van der Waals surface area contributed by atoms with Crippen LogP contribution in [-0.2, 0) is 15.8 Å². The molecule has 0 aliphatic rings. The van der Waals surface area contributed by atoms with Gasteiger partial charge in [-0.25, -0.2) is 21.5 Å². The molecule has 23 heavy (non-hydrogen) atoms. The molecule has 2 rings (SSSR count). The quantitative estimate of drug-likeness (QED) is 0.778. The van der Waals surface area contributed by atoms with Gasteiger partial charge in [0.1, 0.15) is 12.4 Å². The molecule has 7 heteroatoms. The SMILES string of the molecule is CN(CCOc1ccccc1F)S(=O)(=O)Cc1ccc(F)cc1. The lowest BCUT2D eigenvalue weighted by molar-refractivity contribution is 0.275. The van der Waals surface area contributed by atoms with Gasteiger partial charge in [0.15, 0.2) is 11.6 Å². The molecule has 0 N–H and O–H groups in total. The predicted molar refractivity (Wildman–Crippen MR) is 83.5 cm³/mol. The monoisotopic (exact) mass is 341 g/mol. The zero-order valence-corrected chi connectivity index (χ0v) is 13.4. The van der Waals surface area contributed by atoms with Crippen molar-refractivity contribution in [3.8, 4) is 5.75 Å². The van der Waals surface area contributed by atoms with E-state index in [1.54, 1.807) is 12.1 Å². The summed E-state index contributed by atoms with van der Waals surface area (Å²) < 4.78 is 57.0. The Morgan fingerprint density at radius 3 is 2.35 bits per heavy atom. The zero-order chi connectivity index (χ0) is 16.9. The van der Waals surface area contributed by atoms with Gasteiger partial charge in [0, 0.05) is 13.6 Å². The highest BCUT2D eigenvalue weighted by atomic mass is 32.2. The number of halogens is 2. The number of likely N-dealkylation sites (N-methyl/N-ethyl adjacent to an activating group) is 1. The average molecular weight is 341 g/mol. The molecule has 124 valence electrons. The average Bonchev–Trinajstić information content (AvgIpc) is 2.51. The van der Waals surface area contributed by atoms with Crippen LogP contribution in [0.2, 0.25) is 0 Å². The molecule has 0 aliphatic heterocycles. The van der Waals surface area contributed by atoms with E-state index in [1.165, 1.54) is 43.4 Å². The summed E-state index contributed by atoms with van der Waals surface area (Å²) in [6.07, 6.45) is 0. The first-order chi connectivity index (χ1) is 10.9. The molecule has 2 aromatic rings. The second-order valence-corrected chi connectivity index (χ2v) is 7.06. The summed E-state index contributed by atoms with van der Waals surface area (Å²) in [7, 11) is -2.13. The maximum absolute atomic E-state index is 13.4. The van der Waals surface area contributed by atoms with Gasteiger partial charge in [-0.1, -0.05) is 24.3 Å². The third-order valence-electron chi connectivity index (χ3n) is 3.24. The van der Waals surface area contributed by atoms with Gasteiger partial charge in [-0.3, -0.25) is 0 Å². The predicted octanol–water partition coefficient (Wildman–Crippen LogP) is 2.81. The Morgan fingerprint density at radius 2 is 1.70 bits per heavy atom. The van der Waals surface area contributed by atoms with E-state index in [2.05, 4.69) is 0 Å². The van der Waals surface area contributed by atoms with Gasteiger partial charge in [-0.15, -0.1) is 0 Å². The van der Waals surface area contributed by atoms with Crippen molar-refractivity contribution in [2.24, 2.45) is 0 Å². The molecule has 0 radical (unpaired) electrons. The Kier molecular flexibility index (Phi) is 5.68. The Bertz CT molecular complexity index is 748. The Hall–Kier alpha value is -1.99. The van der Waals surface area contributed by atoms with E-state index < -0.39 is 21.7 Å². The van der Waals surface area contributed by atoms with Crippen LogP contribution in [0.25, 0.3) is 0 Å². The molecule has 0 amide bonds. The number of rotatable bonds is 7. The number of benzene rings is 2. The van der Waals surface area contributed by atoms with Crippen LogP contribution in [0.15, 0.2) is 48.5 Å². The Morgan fingerprint density at radius 1 is 1.04 bits per heavy atom. The van der Waals surface area contributed by atoms with Crippen molar-refractivity contribution >= 4 is 10.0 Å². The van der Waals surface area contributed by atoms with E-state index in [1.807, 2.05) is 0 Å². The normalized spacial score (nSPS) is 11.7. The van der Waals surface area contributed by atoms with Crippen LogP contribution in [0, 0.1) is 11.6 Å². The van der Waals surface area contributed by atoms with E-state index in [-0.39, 0.29) is 24.7 Å². The fraction of sp³-hybridized carbons (Fsp3) is 0.250. The first-order valence-corrected chi connectivity index (χ1v) is 8.55. The van der Waals surface area contributed by atoms with Gasteiger partial charge in [0.05, 0.1) is 5.75 Å². The molecule has 0 aliphatic carbocycles. The molecule has 0 heterocycles. The molecule has 0 fully saturated rings. The molecule has 0 bridgehead atoms. The summed E-state index contributed by atoms with van der Waals surface area (Å²) >= 11 is 0. The lowest BCUT2D eigenvalue weighted by Crippen LogP contribution is -2.32. The Balaban J connectivity index is 1.90. The molecule has 0 unspecified atom stereocenters. The molecule has 2 aromatic carbocycles. The van der Waals surface area contributed by atoms with Gasteiger partial charge < -0.3 is 4.74 Å². The van der Waals surface area contributed by atoms with Gasteiger partial charge in [0.25, 0.3) is 0 Å². The van der Waals surface area contributed by atoms with Gasteiger partial charge in [-0.2, -0.15) is 0 Å². The minimum Gasteiger partial charge on any atom is -0.489 e.